The maximum absolute atomic E-state index is 13.1. The summed E-state index contributed by atoms with van der Waals surface area (Å²) in [5.74, 6) is 0.281. The second-order valence-electron chi connectivity index (χ2n) is 4.74. The van der Waals surface area contributed by atoms with Gasteiger partial charge in [-0.3, -0.25) is 4.79 Å². The van der Waals surface area contributed by atoms with Crippen molar-refractivity contribution in [2.45, 2.75) is 13.3 Å². The minimum atomic E-state index is -0.317. The Hall–Kier alpha value is -2.50. The second-order valence-corrected chi connectivity index (χ2v) is 4.74. The number of aryl methyl sites for hydroxylation is 1. The quantitative estimate of drug-likeness (QED) is 0.852. The summed E-state index contributed by atoms with van der Waals surface area (Å²) in [6.45, 7) is 2.25. The highest BCUT2D eigenvalue weighted by molar-refractivity contribution is 5.94. The van der Waals surface area contributed by atoms with Crippen LogP contribution in [-0.4, -0.2) is 27.2 Å². The third-order valence-electron chi connectivity index (χ3n) is 3.08. The summed E-state index contributed by atoms with van der Waals surface area (Å²) in [6, 6.07) is 6.16. The van der Waals surface area contributed by atoms with Gasteiger partial charge in [0.1, 0.15) is 18.0 Å². The van der Waals surface area contributed by atoms with Crippen LogP contribution >= 0.6 is 0 Å². The molecule has 1 aromatic carbocycles. The highest BCUT2D eigenvalue weighted by Gasteiger charge is 2.03. The largest absolute Gasteiger partial charge is 0.352 e. The van der Waals surface area contributed by atoms with Crippen molar-refractivity contribution in [3.8, 4) is 0 Å². The molecule has 1 aromatic heterocycles. The fraction of sp³-hybridized carbons (Fsp3) is 0.267. The monoisotopic (exact) mass is 288 g/mol. The lowest BCUT2D eigenvalue weighted by Gasteiger charge is -2.04. The molecule has 0 aliphatic carbocycles. The topological polar surface area (TPSA) is 59.8 Å². The van der Waals surface area contributed by atoms with Crippen LogP contribution in [0, 0.1) is 5.82 Å². The summed E-state index contributed by atoms with van der Waals surface area (Å²) in [5.41, 5.74) is 1.41. The summed E-state index contributed by atoms with van der Waals surface area (Å²) >= 11 is 0. The lowest BCUT2D eigenvalue weighted by molar-refractivity contribution is -0.116. The molecule has 2 rings (SSSR count). The third kappa shape index (κ3) is 4.24. The van der Waals surface area contributed by atoms with E-state index < -0.39 is 0 Å². The number of aromatic nitrogens is 3. The Bertz CT molecular complexity index is 663. The van der Waals surface area contributed by atoms with E-state index in [4.69, 9.17) is 0 Å². The molecule has 0 saturated carbocycles. The zero-order valence-electron chi connectivity index (χ0n) is 12.0. The Morgan fingerprint density at radius 2 is 2.29 bits per heavy atom. The van der Waals surface area contributed by atoms with Crippen molar-refractivity contribution in [1.82, 2.24) is 20.1 Å². The average Bonchev–Trinajstić information content (AvgIpc) is 2.84. The zero-order chi connectivity index (χ0) is 15.2. The number of allylic oxidation sites excluding steroid dienone is 1. The Morgan fingerprint density at radius 1 is 1.48 bits per heavy atom. The molecule has 0 aliphatic heterocycles. The van der Waals surface area contributed by atoms with Crippen molar-refractivity contribution in [2.75, 3.05) is 6.54 Å². The Labute approximate surface area is 122 Å². The minimum absolute atomic E-state index is 0.209. The number of benzene rings is 1. The van der Waals surface area contributed by atoms with Crippen LogP contribution in [0.25, 0.3) is 5.57 Å². The molecule has 0 atom stereocenters. The summed E-state index contributed by atoms with van der Waals surface area (Å²) in [4.78, 5) is 11.8. The predicted octanol–water partition coefficient (Wildman–Crippen LogP) is 1.72. The maximum Gasteiger partial charge on any atom is 0.244 e. The van der Waals surface area contributed by atoms with Gasteiger partial charge in [0.25, 0.3) is 0 Å². The number of hydrogen-bond donors (Lipinski definition) is 1. The average molecular weight is 288 g/mol. The van der Waals surface area contributed by atoms with Crippen LogP contribution in [0.1, 0.15) is 18.3 Å². The predicted molar refractivity (Wildman–Crippen MR) is 77.8 cm³/mol. The van der Waals surface area contributed by atoms with E-state index in [-0.39, 0.29) is 11.7 Å². The molecule has 2 aromatic rings. The lowest BCUT2D eigenvalue weighted by Crippen LogP contribution is -2.24. The molecule has 0 radical (unpaired) electrons. The van der Waals surface area contributed by atoms with Crippen LogP contribution in [-0.2, 0) is 18.3 Å². The van der Waals surface area contributed by atoms with Gasteiger partial charge in [0, 0.05) is 26.1 Å². The van der Waals surface area contributed by atoms with Crippen molar-refractivity contribution in [3.63, 3.8) is 0 Å². The summed E-state index contributed by atoms with van der Waals surface area (Å²) in [7, 11) is 1.85. The molecule has 0 aliphatic rings. The number of hydrogen-bond acceptors (Lipinski definition) is 3. The van der Waals surface area contributed by atoms with Crippen LogP contribution in [0.15, 0.2) is 36.7 Å². The molecule has 21 heavy (non-hydrogen) atoms. The van der Waals surface area contributed by atoms with E-state index in [9.17, 15) is 9.18 Å². The zero-order valence-corrected chi connectivity index (χ0v) is 12.0. The molecular formula is C15H17FN4O. The first-order chi connectivity index (χ1) is 10.1. The molecule has 0 unspecified atom stereocenters. The first-order valence-electron chi connectivity index (χ1n) is 6.61. The molecule has 0 fully saturated rings. The number of halogens is 1. The van der Waals surface area contributed by atoms with E-state index in [0.29, 0.717) is 24.1 Å². The van der Waals surface area contributed by atoms with E-state index in [1.807, 2.05) is 7.05 Å². The Morgan fingerprint density at radius 3 is 2.95 bits per heavy atom. The first kappa shape index (κ1) is 14.9. The fourth-order valence-electron chi connectivity index (χ4n) is 1.90. The van der Waals surface area contributed by atoms with Crippen LogP contribution < -0.4 is 5.32 Å². The van der Waals surface area contributed by atoms with Crippen LogP contribution in [0.4, 0.5) is 4.39 Å². The Balaban J connectivity index is 1.89. The van der Waals surface area contributed by atoms with Crippen molar-refractivity contribution in [1.29, 1.82) is 0 Å². The first-order valence-corrected chi connectivity index (χ1v) is 6.61. The SMILES string of the molecule is C/C(=C\C(=O)NCCc1nncn1C)c1cccc(F)c1. The number of rotatable bonds is 5. The lowest BCUT2D eigenvalue weighted by atomic mass is 10.1. The van der Waals surface area contributed by atoms with Gasteiger partial charge in [-0.1, -0.05) is 12.1 Å². The van der Waals surface area contributed by atoms with E-state index >= 15 is 0 Å². The minimum Gasteiger partial charge on any atom is -0.352 e. The maximum atomic E-state index is 13.1. The molecule has 6 heteroatoms. The molecule has 1 N–H and O–H groups in total. The molecule has 1 heterocycles. The smallest absolute Gasteiger partial charge is 0.244 e. The van der Waals surface area contributed by atoms with Gasteiger partial charge in [0.05, 0.1) is 0 Å². The number of nitrogens with zero attached hydrogens (tertiary/aromatic N) is 3. The number of carbonyl (C=O) groups excluding carboxylic acids is 1. The number of amides is 1. The van der Waals surface area contributed by atoms with Crippen molar-refractivity contribution < 1.29 is 9.18 Å². The molecular weight excluding hydrogens is 271 g/mol. The van der Waals surface area contributed by atoms with Gasteiger partial charge in [-0.05, 0) is 30.2 Å². The normalized spacial score (nSPS) is 11.5. The van der Waals surface area contributed by atoms with Gasteiger partial charge >= 0.3 is 0 Å². The van der Waals surface area contributed by atoms with Crippen molar-refractivity contribution in [3.05, 3.63) is 53.9 Å². The number of carbonyl (C=O) groups is 1. The molecule has 0 bridgehead atoms. The van der Waals surface area contributed by atoms with Gasteiger partial charge in [-0.25, -0.2) is 4.39 Å². The summed E-state index contributed by atoms with van der Waals surface area (Å²) in [5, 5.41) is 10.5. The molecule has 0 spiro atoms. The van der Waals surface area contributed by atoms with Crippen molar-refractivity contribution in [2.24, 2.45) is 7.05 Å². The highest BCUT2D eigenvalue weighted by Crippen LogP contribution is 2.14. The van der Waals surface area contributed by atoms with Crippen LogP contribution in [0.5, 0.6) is 0 Å². The molecule has 1 amide bonds. The van der Waals surface area contributed by atoms with Gasteiger partial charge in [-0.2, -0.15) is 0 Å². The van der Waals surface area contributed by atoms with Crippen LogP contribution in [0.3, 0.4) is 0 Å². The van der Waals surface area contributed by atoms with Crippen LogP contribution in [0.2, 0.25) is 0 Å². The highest BCUT2D eigenvalue weighted by atomic mass is 19.1. The van der Waals surface area contributed by atoms with Gasteiger partial charge < -0.3 is 9.88 Å². The fourth-order valence-corrected chi connectivity index (χ4v) is 1.90. The second kappa shape index (κ2) is 6.78. The summed E-state index contributed by atoms with van der Waals surface area (Å²) in [6.07, 6.45) is 3.69. The summed E-state index contributed by atoms with van der Waals surface area (Å²) < 4.78 is 14.9. The van der Waals surface area contributed by atoms with E-state index in [1.54, 1.807) is 30.0 Å². The standard InChI is InChI=1S/C15H17FN4O/c1-11(12-4-3-5-13(16)9-12)8-15(21)17-7-6-14-19-18-10-20(14)2/h3-5,8-10H,6-7H2,1-2H3,(H,17,21)/b11-8+. The van der Waals surface area contributed by atoms with Crippen molar-refractivity contribution >= 4 is 11.5 Å². The molecule has 5 nitrogen and oxygen atoms in total. The van der Waals surface area contributed by atoms with Gasteiger partial charge in [0.15, 0.2) is 0 Å². The molecule has 0 saturated heterocycles. The molecule has 110 valence electrons. The van der Waals surface area contributed by atoms with E-state index in [2.05, 4.69) is 15.5 Å². The third-order valence-corrected chi connectivity index (χ3v) is 3.08. The van der Waals surface area contributed by atoms with E-state index in [1.165, 1.54) is 18.2 Å². The Kier molecular flexibility index (Phi) is 4.81. The number of nitrogens with one attached hydrogen (secondary N) is 1. The van der Waals surface area contributed by atoms with Gasteiger partial charge in [0.2, 0.25) is 5.91 Å². The van der Waals surface area contributed by atoms with E-state index in [0.717, 1.165) is 5.82 Å². The van der Waals surface area contributed by atoms with Gasteiger partial charge in [-0.15, -0.1) is 10.2 Å².